The number of nitrogens with zero attached hydrogens (tertiary/aromatic N) is 2. The van der Waals surface area contributed by atoms with Crippen LogP contribution in [0.15, 0.2) is 10.7 Å². The van der Waals surface area contributed by atoms with Gasteiger partial charge in [0.2, 0.25) is 5.76 Å². The van der Waals surface area contributed by atoms with E-state index in [1.54, 1.807) is 11.8 Å². The Labute approximate surface area is 87.7 Å². The summed E-state index contributed by atoms with van der Waals surface area (Å²) in [5.74, 6) is 0.395. The van der Waals surface area contributed by atoms with Gasteiger partial charge in [0.1, 0.15) is 0 Å². The molecule has 1 fully saturated rings. The van der Waals surface area contributed by atoms with Gasteiger partial charge in [-0.05, 0) is 13.3 Å². The molecule has 1 saturated heterocycles. The maximum absolute atomic E-state index is 11.9. The van der Waals surface area contributed by atoms with Crippen molar-refractivity contribution in [1.29, 1.82) is 0 Å². The van der Waals surface area contributed by atoms with Gasteiger partial charge in [-0.1, -0.05) is 5.16 Å². The highest BCUT2D eigenvalue weighted by molar-refractivity contribution is 5.92. The van der Waals surface area contributed by atoms with Crippen LogP contribution in [0.5, 0.6) is 0 Å². The zero-order chi connectivity index (χ0) is 10.8. The molecule has 1 aliphatic heterocycles. The molecule has 1 unspecified atom stereocenters. The van der Waals surface area contributed by atoms with Crippen LogP contribution in [0.25, 0.3) is 0 Å². The Hall–Kier alpha value is -1.36. The molecule has 0 radical (unpaired) electrons. The number of aromatic nitrogens is 1. The molecule has 1 amide bonds. The summed E-state index contributed by atoms with van der Waals surface area (Å²) in [6, 6.07) is 0. The SMILES string of the molecule is Cc1cnoc1C(=O)N1CCC(CO)C1. The fourth-order valence-corrected chi connectivity index (χ4v) is 1.81. The van der Waals surface area contributed by atoms with Gasteiger partial charge >= 0.3 is 0 Å². The molecule has 1 aromatic heterocycles. The molecule has 1 N–H and O–H groups in total. The normalized spacial score (nSPS) is 20.9. The third kappa shape index (κ3) is 1.87. The van der Waals surface area contributed by atoms with Crippen molar-refractivity contribution < 1.29 is 14.4 Å². The summed E-state index contributed by atoms with van der Waals surface area (Å²) in [5, 5.41) is 12.6. The van der Waals surface area contributed by atoms with E-state index in [1.807, 2.05) is 0 Å². The number of carbonyl (C=O) groups excluding carboxylic acids is 1. The minimum atomic E-state index is -0.124. The van der Waals surface area contributed by atoms with E-state index in [0.717, 1.165) is 12.0 Å². The third-order valence-electron chi connectivity index (χ3n) is 2.77. The van der Waals surface area contributed by atoms with E-state index in [-0.39, 0.29) is 18.4 Å². The van der Waals surface area contributed by atoms with Crippen LogP contribution in [-0.4, -0.2) is 40.8 Å². The second-order valence-electron chi connectivity index (χ2n) is 3.93. The smallest absolute Gasteiger partial charge is 0.292 e. The van der Waals surface area contributed by atoms with Crippen LogP contribution in [0.2, 0.25) is 0 Å². The van der Waals surface area contributed by atoms with Gasteiger partial charge in [0, 0.05) is 31.2 Å². The standard InChI is InChI=1S/C10H14N2O3/c1-7-4-11-15-9(7)10(14)12-3-2-8(5-12)6-13/h4,8,13H,2-3,5-6H2,1H3. The Morgan fingerprint density at radius 3 is 3.13 bits per heavy atom. The van der Waals surface area contributed by atoms with Crippen LogP contribution in [0.4, 0.5) is 0 Å². The van der Waals surface area contributed by atoms with Gasteiger partial charge in [-0.3, -0.25) is 4.79 Å². The van der Waals surface area contributed by atoms with E-state index in [9.17, 15) is 4.79 Å². The number of likely N-dealkylation sites (tertiary alicyclic amines) is 1. The van der Waals surface area contributed by atoms with E-state index in [1.165, 1.54) is 6.20 Å². The molecule has 1 aliphatic rings. The summed E-state index contributed by atoms with van der Waals surface area (Å²) in [7, 11) is 0. The first-order chi connectivity index (χ1) is 7.22. The molecule has 0 aliphatic carbocycles. The molecular formula is C10H14N2O3. The highest BCUT2D eigenvalue weighted by atomic mass is 16.5. The first kappa shape index (κ1) is 10.2. The van der Waals surface area contributed by atoms with Crippen LogP contribution in [-0.2, 0) is 0 Å². The zero-order valence-electron chi connectivity index (χ0n) is 8.64. The average molecular weight is 210 g/mol. The Morgan fingerprint density at radius 1 is 1.80 bits per heavy atom. The van der Waals surface area contributed by atoms with Crippen molar-refractivity contribution in [3.63, 3.8) is 0 Å². The molecule has 0 spiro atoms. The van der Waals surface area contributed by atoms with E-state index in [0.29, 0.717) is 18.8 Å². The lowest BCUT2D eigenvalue weighted by molar-refractivity contribution is 0.0739. The highest BCUT2D eigenvalue weighted by Gasteiger charge is 2.29. The van der Waals surface area contributed by atoms with Gasteiger partial charge in [-0.25, -0.2) is 0 Å². The molecule has 0 saturated carbocycles. The maximum atomic E-state index is 11.9. The van der Waals surface area contributed by atoms with Crippen molar-refractivity contribution in [2.45, 2.75) is 13.3 Å². The summed E-state index contributed by atoms with van der Waals surface area (Å²) in [6.07, 6.45) is 2.39. The molecule has 5 heteroatoms. The monoisotopic (exact) mass is 210 g/mol. The van der Waals surface area contributed by atoms with Gasteiger partial charge in [0.15, 0.2) is 0 Å². The van der Waals surface area contributed by atoms with Crippen LogP contribution in [0, 0.1) is 12.8 Å². The quantitative estimate of drug-likeness (QED) is 0.769. The maximum Gasteiger partial charge on any atom is 0.292 e. The summed E-state index contributed by atoms with van der Waals surface area (Å²) in [6.45, 7) is 3.22. The number of carbonyl (C=O) groups is 1. The number of rotatable bonds is 2. The Kier molecular flexibility index (Phi) is 2.73. The van der Waals surface area contributed by atoms with Crippen molar-refractivity contribution >= 4 is 5.91 Å². The molecule has 2 heterocycles. The minimum absolute atomic E-state index is 0.124. The molecule has 0 bridgehead atoms. The topological polar surface area (TPSA) is 66.6 Å². The average Bonchev–Trinajstić information content (AvgIpc) is 2.84. The fraction of sp³-hybridized carbons (Fsp3) is 0.600. The summed E-state index contributed by atoms with van der Waals surface area (Å²) >= 11 is 0. The Balaban J connectivity index is 2.07. The number of aliphatic hydroxyl groups excluding tert-OH is 1. The van der Waals surface area contributed by atoms with Crippen LogP contribution >= 0.6 is 0 Å². The van der Waals surface area contributed by atoms with Gasteiger partial charge < -0.3 is 14.5 Å². The van der Waals surface area contributed by atoms with E-state index in [2.05, 4.69) is 5.16 Å². The molecule has 2 rings (SSSR count). The number of hydrogen-bond acceptors (Lipinski definition) is 4. The molecule has 1 atom stereocenters. The van der Waals surface area contributed by atoms with Crippen LogP contribution in [0.3, 0.4) is 0 Å². The molecule has 82 valence electrons. The van der Waals surface area contributed by atoms with Crippen molar-refractivity contribution in [2.24, 2.45) is 5.92 Å². The summed E-state index contributed by atoms with van der Waals surface area (Å²) in [5.41, 5.74) is 0.757. The van der Waals surface area contributed by atoms with Gasteiger partial charge in [-0.15, -0.1) is 0 Å². The van der Waals surface area contributed by atoms with Crippen molar-refractivity contribution in [1.82, 2.24) is 10.1 Å². The second kappa shape index (κ2) is 4.02. The first-order valence-corrected chi connectivity index (χ1v) is 5.03. The van der Waals surface area contributed by atoms with E-state index in [4.69, 9.17) is 9.63 Å². The highest BCUT2D eigenvalue weighted by Crippen LogP contribution is 2.19. The van der Waals surface area contributed by atoms with Crippen molar-refractivity contribution in [2.75, 3.05) is 19.7 Å². The van der Waals surface area contributed by atoms with E-state index < -0.39 is 0 Å². The first-order valence-electron chi connectivity index (χ1n) is 5.03. The zero-order valence-corrected chi connectivity index (χ0v) is 8.64. The van der Waals surface area contributed by atoms with Crippen LogP contribution < -0.4 is 0 Å². The van der Waals surface area contributed by atoms with Crippen LogP contribution in [0.1, 0.15) is 22.5 Å². The molecule has 5 nitrogen and oxygen atoms in total. The fourth-order valence-electron chi connectivity index (χ4n) is 1.81. The lowest BCUT2D eigenvalue weighted by atomic mass is 10.1. The number of aliphatic hydroxyl groups is 1. The van der Waals surface area contributed by atoms with E-state index >= 15 is 0 Å². The van der Waals surface area contributed by atoms with Gasteiger partial charge in [-0.2, -0.15) is 0 Å². The van der Waals surface area contributed by atoms with Gasteiger partial charge in [0.25, 0.3) is 5.91 Å². The Morgan fingerprint density at radius 2 is 2.60 bits per heavy atom. The molecule has 15 heavy (non-hydrogen) atoms. The Bertz CT molecular complexity index is 361. The lowest BCUT2D eigenvalue weighted by Crippen LogP contribution is -2.29. The lowest BCUT2D eigenvalue weighted by Gasteiger charge is -2.14. The molecular weight excluding hydrogens is 196 g/mol. The summed E-state index contributed by atoms with van der Waals surface area (Å²) in [4.78, 5) is 13.6. The molecule has 1 aromatic rings. The predicted octanol–water partition coefficient (Wildman–Crippen LogP) is 0.437. The van der Waals surface area contributed by atoms with Crippen molar-refractivity contribution in [3.05, 3.63) is 17.5 Å². The van der Waals surface area contributed by atoms with Gasteiger partial charge in [0.05, 0.1) is 6.20 Å². The number of amides is 1. The molecule has 0 aromatic carbocycles. The second-order valence-corrected chi connectivity index (χ2v) is 3.93. The largest absolute Gasteiger partial charge is 0.396 e. The summed E-state index contributed by atoms with van der Waals surface area (Å²) < 4.78 is 4.90. The predicted molar refractivity (Wildman–Crippen MR) is 52.3 cm³/mol. The van der Waals surface area contributed by atoms with Crippen molar-refractivity contribution in [3.8, 4) is 0 Å². The third-order valence-corrected chi connectivity index (χ3v) is 2.77. The number of hydrogen-bond donors (Lipinski definition) is 1. The number of aryl methyl sites for hydroxylation is 1. The minimum Gasteiger partial charge on any atom is -0.396 e.